The molecule has 0 saturated carbocycles. The molecule has 30 heavy (non-hydrogen) atoms. The van der Waals surface area contributed by atoms with Crippen LogP contribution in [0.5, 0.6) is 0 Å². The summed E-state index contributed by atoms with van der Waals surface area (Å²) >= 11 is 0. The third-order valence-electron chi connectivity index (χ3n) is 4.63. The lowest BCUT2D eigenvalue weighted by Crippen LogP contribution is -2.33. The van der Waals surface area contributed by atoms with Crippen molar-refractivity contribution in [2.75, 3.05) is 18.0 Å². The van der Waals surface area contributed by atoms with Crippen molar-refractivity contribution < 1.29 is 23.2 Å². The minimum atomic E-state index is -0.657. The van der Waals surface area contributed by atoms with E-state index in [9.17, 15) is 18.8 Å². The van der Waals surface area contributed by atoms with Crippen LogP contribution in [0.3, 0.4) is 0 Å². The molecule has 1 atom stereocenters. The molecule has 1 fully saturated rings. The van der Waals surface area contributed by atoms with Crippen LogP contribution in [0.1, 0.15) is 6.92 Å². The average Bonchev–Trinajstić information content (AvgIpc) is 3.32. The number of carbonyl (C=O) groups excluding carboxylic acids is 2. The summed E-state index contributed by atoms with van der Waals surface area (Å²) in [5, 5.41) is 6.20. The molecule has 0 bridgehead atoms. The summed E-state index contributed by atoms with van der Waals surface area (Å²) in [6, 6.07) is 11.2. The molecule has 1 saturated heterocycles. The molecule has 9 nitrogen and oxygen atoms in total. The van der Waals surface area contributed by atoms with Crippen LogP contribution in [0.2, 0.25) is 0 Å². The van der Waals surface area contributed by atoms with Crippen LogP contribution in [-0.2, 0) is 9.53 Å². The number of carbonyl (C=O) groups is 2. The van der Waals surface area contributed by atoms with E-state index in [-0.39, 0.29) is 24.8 Å². The van der Waals surface area contributed by atoms with Gasteiger partial charge in [0.05, 0.1) is 18.8 Å². The summed E-state index contributed by atoms with van der Waals surface area (Å²) < 4.78 is 24.5. The highest BCUT2D eigenvalue weighted by molar-refractivity contribution is 5.90. The Kier molecular flexibility index (Phi) is 5.05. The monoisotopic (exact) mass is 412 g/mol. The number of amides is 2. The molecule has 1 aliphatic rings. The van der Waals surface area contributed by atoms with Crippen molar-refractivity contribution in [2.24, 2.45) is 0 Å². The number of aromatic nitrogens is 2. The number of ether oxygens (including phenoxy) is 1. The Labute approximate surface area is 169 Å². The Bertz CT molecular complexity index is 1150. The Morgan fingerprint density at radius 3 is 2.60 bits per heavy atom. The van der Waals surface area contributed by atoms with Crippen LogP contribution >= 0.6 is 0 Å². The van der Waals surface area contributed by atoms with Gasteiger partial charge in [0.1, 0.15) is 11.9 Å². The van der Waals surface area contributed by atoms with Gasteiger partial charge < -0.3 is 10.1 Å². The number of benzene rings is 2. The summed E-state index contributed by atoms with van der Waals surface area (Å²) in [5.41, 5.74) is 1.94. The van der Waals surface area contributed by atoms with E-state index in [1.165, 1.54) is 17.9 Å². The maximum atomic E-state index is 14.8. The molecular weight excluding hydrogens is 395 g/mol. The fraction of sp³-hybridized carbons (Fsp3) is 0.200. The summed E-state index contributed by atoms with van der Waals surface area (Å²) in [4.78, 5) is 37.9. The highest BCUT2D eigenvalue weighted by Crippen LogP contribution is 2.30. The van der Waals surface area contributed by atoms with Crippen molar-refractivity contribution in [3.05, 3.63) is 58.8 Å². The van der Waals surface area contributed by atoms with E-state index in [4.69, 9.17) is 4.74 Å². The lowest BCUT2D eigenvalue weighted by Gasteiger charge is -2.14. The number of anilines is 1. The van der Waals surface area contributed by atoms with Crippen LogP contribution in [0.25, 0.3) is 22.5 Å². The molecule has 2 amide bonds. The van der Waals surface area contributed by atoms with Gasteiger partial charge in [-0.05, 0) is 23.8 Å². The van der Waals surface area contributed by atoms with Gasteiger partial charge in [-0.3, -0.25) is 19.2 Å². The third kappa shape index (κ3) is 3.93. The van der Waals surface area contributed by atoms with Crippen molar-refractivity contribution in [3.63, 3.8) is 0 Å². The number of halogens is 1. The first-order valence-electron chi connectivity index (χ1n) is 9.09. The van der Waals surface area contributed by atoms with Gasteiger partial charge in [0.25, 0.3) is 0 Å². The van der Waals surface area contributed by atoms with Crippen molar-refractivity contribution in [2.45, 2.75) is 13.0 Å². The molecule has 10 heteroatoms. The van der Waals surface area contributed by atoms with Crippen LogP contribution in [-0.4, -0.2) is 41.3 Å². The number of hydrogen-bond acceptors (Lipinski definition) is 6. The topological polar surface area (TPSA) is 118 Å². The van der Waals surface area contributed by atoms with E-state index < -0.39 is 23.8 Å². The Balaban J connectivity index is 1.51. The van der Waals surface area contributed by atoms with Gasteiger partial charge in [-0.1, -0.05) is 29.4 Å². The maximum absolute atomic E-state index is 14.8. The normalized spacial score (nSPS) is 15.9. The first-order chi connectivity index (χ1) is 14.4. The standard InChI is InChI=1S/C20H17FN4O5/c1-11(26)22-9-15-10-25(20(28)29-15)14-6-7-16(17(21)8-14)12-2-4-13(5-3-12)18-23-19(27)30-24-18/h2-8,15H,9-10H2,1H3,(H,22,26)(H,23,24,27)/t15-/m0/s1. The summed E-state index contributed by atoms with van der Waals surface area (Å²) in [6.07, 6.45) is -1.09. The fourth-order valence-electron chi connectivity index (χ4n) is 3.16. The second-order valence-electron chi connectivity index (χ2n) is 6.74. The lowest BCUT2D eigenvalue weighted by atomic mass is 10.0. The number of hydrogen-bond donors (Lipinski definition) is 2. The molecule has 0 unspecified atom stereocenters. The number of cyclic esters (lactones) is 1. The Hall–Kier alpha value is -3.95. The summed E-state index contributed by atoms with van der Waals surface area (Å²) in [5.74, 6) is -1.10. The molecule has 4 rings (SSSR count). The maximum Gasteiger partial charge on any atom is 0.439 e. The van der Waals surface area contributed by atoms with Crippen LogP contribution in [0.4, 0.5) is 14.9 Å². The van der Waals surface area contributed by atoms with Crippen LogP contribution in [0, 0.1) is 5.82 Å². The van der Waals surface area contributed by atoms with E-state index in [0.717, 1.165) is 0 Å². The van der Waals surface area contributed by atoms with Crippen LogP contribution < -0.4 is 16.0 Å². The largest absolute Gasteiger partial charge is 0.442 e. The summed E-state index contributed by atoms with van der Waals surface area (Å²) in [7, 11) is 0. The Morgan fingerprint density at radius 1 is 1.23 bits per heavy atom. The predicted octanol–water partition coefficient (Wildman–Crippen LogP) is 2.30. The van der Waals surface area contributed by atoms with Crippen molar-refractivity contribution in [1.82, 2.24) is 15.5 Å². The van der Waals surface area contributed by atoms with Gasteiger partial charge in [-0.2, -0.15) is 0 Å². The molecule has 2 N–H and O–H groups in total. The molecular formula is C20H17FN4O5. The van der Waals surface area contributed by atoms with E-state index >= 15 is 0 Å². The van der Waals surface area contributed by atoms with E-state index in [2.05, 4.69) is 20.0 Å². The SMILES string of the molecule is CC(=O)NC[C@H]1CN(c2ccc(-c3ccc(-c4noc(=O)[nH]4)cc3)c(F)c2)C(=O)O1. The van der Waals surface area contributed by atoms with Crippen molar-refractivity contribution >= 4 is 17.7 Å². The number of rotatable bonds is 5. The molecule has 3 aromatic rings. The Morgan fingerprint density at radius 2 is 1.97 bits per heavy atom. The highest BCUT2D eigenvalue weighted by Gasteiger charge is 2.32. The van der Waals surface area contributed by atoms with E-state index in [0.29, 0.717) is 22.4 Å². The molecule has 154 valence electrons. The number of aromatic amines is 1. The third-order valence-corrected chi connectivity index (χ3v) is 4.63. The molecule has 1 aromatic heterocycles. The van der Waals surface area contributed by atoms with Gasteiger partial charge in [-0.15, -0.1) is 0 Å². The van der Waals surface area contributed by atoms with Gasteiger partial charge in [0.15, 0.2) is 5.82 Å². The number of nitrogens with zero attached hydrogens (tertiary/aromatic N) is 2. The molecule has 2 aromatic carbocycles. The first-order valence-corrected chi connectivity index (χ1v) is 9.09. The second kappa shape index (κ2) is 7.82. The lowest BCUT2D eigenvalue weighted by molar-refractivity contribution is -0.119. The van der Waals surface area contributed by atoms with E-state index in [1.54, 1.807) is 36.4 Å². The quantitative estimate of drug-likeness (QED) is 0.664. The molecule has 1 aliphatic heterocycles. The number of H-pyrrole nitrogens is 1. The van der Waals surface area contributed by atoms with Gasteiger partial charge in [0.2, 0.25) is 5.91 Å². The predicted molar refractivity (Wildman–Crippen MR) is 104 cm³/mol. The zero-order chi connectivity index (χ0) is 21.3. The average molecular weight is 412 g/mol. The minimum absolute atomic E-state index is 0.196. The van der Waals surface area contributed by atoms with Crippen molar-refractivity contribution in [1.29, 1.82) is 0 Å². The van der Waals surface area contributed by atoms with Crippen LogP contribution in [0.15, 0.2) is 51.8 Å². The number of nitrogens with one attached hydrogen (secondary N) is 2. The fourth-order valence-corrected chi connectivity index (χ4v) is 3.16. The first kappa shape index (κ1) is 19.4. The highest BCUT2D eigenvalue weighted by atomic mass is 19.1. The van der Waals surface area contributed by atoms with Gasteiger partial charge in [-0.25, -0.2) is 14.0 Å². The smallest absolute Gasteiger partial charge is 0.439 e. The van der Waals surface area contributed by atoms with Gasteiger partial charge in [0, 0.05) is 18.1 Å². The molecule has 0 aliphatic carbocycles. The zero-order valence-corrected chi connectivity index (χ0v) is 15.8. The molecule has 0 radical (unpaired) electrons. The van der Waals surface area contributed by atoms with E-state index in [1.807, 2.05) is 0 Å². The summed E-state index contributed by atoms with van der Waals surface area (Å²) in [6.45, 7) is 1.78. The molecule has 2 heterocycles. The zero-order valence-electron chi connectivity index (χ0n) is 15.8. The molecule has 0 spiro atoms. The van der Waals surface area contributed by atoms with Crippen molar-refractivity contribution in [3.8, 4) is 22.5 Å². The minimum Gasteiger partial charge on any atom is -0.442 e. The second-order valence-corrected chi connectivity index (χ2v) is 6.74. The van der Waals surface area contributed by atoms with Gasteiger partial charge >= 0.3 is 11.8 Å².